The SMILES string of the molecule is [C-]#[N+]c1ccc(-c2ccc(S)cc2)cc1. The maximum absolute atomic E-state index is 6.86. The Bertz CT molecular complexity index is 492. The summed E-state index contributed by atoms with van der Waals surface area (Å²) in [6.07, 6.45) is 0. The quantitative estimate of drug-likeness (QED) is 0.532. The van der Waals surface area contributed by atoms with Crippen LogP contribution in [-0.4, -0.2) is 0 Å². The molecule has 0 atom stereocenters. The van der Waals surface area contributed by atoms with Crippen LogP contribution in [0.2, 0.25) is 0 Å². The first kappa shape index (κ1) is 9.82. The molecule has 0 amide bonds. The molecule has 0 radical (unpaired) electrons. The Morgan fingerprint density at radius 2 is 1.27 bits per heavy atom. The Labute approximate surface area is 94.6 Å². The molecule has 0 unspecified atom stereocenters. The van der Waals surface area contributed by atoms with Gasteiger partial charge in [0.1, 0.15) is 0 Å². The van der Waals surface area contributed by atoms with Gasteiger partial charge < -0.3 is 0 Å². The number of hydrogen-bond acceptors (Lipinski definition) is 1. The lowest BCUT2D eigenvalue weighted by molar-refractivity contribution is 1.47. The van der Waals surface area contributed by atoms with E-state index in [-0.39, 0.29) is 0 Å². The highest BCUT2D eigenvalue weighted by Gasteiger charge is 1.97. The Morgan fingerprint density at radius 1 is 0.800 bits per heavy atom. The smallest absolute Gasteiger partial charge is 0.187 e. The first-order valence-electron chi connectivity index (χ1n) is 4.56. The van der Waals surface area contributed by atoms with E-state index >= 15 is 0 Å². The summed E-state index contributed by atoms with van der Waals surface area (Å²) in [6.45, 7) is 6.86. The Balaban J connectivity index is 2.38. The van der Waals surface area contributed by atoms with E-state index in [0.717, 1.165) is 16.0 Å². The van der Waals surface area contributed by atoms with Crippen molar-refractivity contribution in [3.63, 3.8) is 0 Å². The number of thiol groups is 1. The highest BCUT2D eigenvalue weighted by Crippen LogP contribution is 2.23. The van der Waals surface area contributed by atoms with Gasteiger partial charge in [0.05, 0.1) is 6.57 Å². The molecule has 0 aliphatic carbocycles. The minimum Gasteiger partial charge on any atom is -0.238 e. The van der Waals surface area contributed by atoms with E-state index in [2.05, 4.69) is 17.5 Å². The Morgan fingerprint density at radius 3 is 1.73 bits per heavy atom. The molecule has 0 bridgehead atoms. The van der Waals surface area contributed by atoms with Gasteiger partial charge in [0.15, 0.2) is 5.69 Å². The fraction of sp³-hybridized carbons (Fsp3) is 0. The lowest BCUT2D eigenvalue weighted by Gasteiger charge is -2.01. The summed E-state index contributed by atoms with van der Waals surface area (Å²) in [4.78, 5) is 4.31. The summed E-state index contributed by atoms with van der Waals surface area (Å²) >= 11 is 4.24. The predicted octanol–water partition coefficient (Wildman–Crippen LogP) is 4.19. The lowest BCUT2D eigenvalue weighted by Crippen LogP contribution is -1.76. The van der Waals surface area contributed by atoms with Crippen molar-refractivity contribution in [1.29, 1.82) is 0 Å². The molecule has 2 aromatic rings. The van der Waals surface area contributed by atoms with Crippen LogP contribution >= 0.6 is 12.6 Å². The average Bonchev–Trinajstić information content (AvgIpc) is 2.30. The van der Waals surface area contributed by atoms with Crippen LogP contribution in [0.4, 0.5) is 5.69 Å². The van der Waals surface area contributed by atoms with Crippen molar-refractivity contribution in [3.8, 4) is 11.1 Å². The minimum atomic E-state index is 0.671. The van der Waals surface area contributed by atoms with E-state index in [1.165, 1.54) is 0 Å². The van der Waals surface area contributed by atoms with Gasteiger partial charge in [-0.05, 0) is 23.3 Å². The van der Waals surface area contributed by atoms with Gasteiger partial charge >= 0.3 is 0 Å². The van der Waals surface area contributed by atoms with Crippen molar-refractivity contribution < 1.29 is 0 Å². The summed E-state index contributed by atoms with van der Waals surface area (Å²) in [5.41, 5.74) is 2.93. The van der Waals surface area contributed by atoms with Gasteiger partial charge in [-0.3, -0.25) is 0 Å². The van der Waals surface area contributed by atoms with Gasteiger partial charge in [0.25, 0.3) is 0 Å². The number of rotatable bonds is 1. The molecule has 0 N–H and O–H groups in total. The zero-order valence-electron chi connectivity index (χ0n) is 8.01. The van der Waals surface area contributed by atoms with E-state index in [0.29, 0.717) is 5.69 Å². The lowest BCUT2D eigenvalue weighted by atomic mass is 10.1. The van der Waals surface area contributed by atoms with E-state index in [4.69, 9.17) is 6.57 Å². The maximum Gasteiger partial charge on any atom is 0.187 e. The first-order valence-corrected chi connectivity index (χ1v) is 5.01. The monoisotopic (exact) mass is 211 g/mol. The van der Waals surface area contributed by atoms with Gasteiger partial charge in [-0.15, -0.1) is 12.6 Å². The summed E-state index contributed by atoms with van der Waals surface area (Å²) in [6, 6.07) is 15.5. The second kappa shape index (κ2) is 4.20. The number of benzene rings is 2. The van der Waals surface area contributed by atoms with Gasteiger partial charge in [-0.2, -0.15) is 0 Å². The maximum atomic E-state index is 6.86. The predicted molar refractivity (Wildman–Crippen MR) is 65.4 cm³/mol. The third-order valence-corrected chi connectivity index (χ3v) is 2.50. The normalized spacial score (nSPS) is 9.60. The molecule has 0 saturated carbocycles. The molecule has 72 valence electrons. The summed E-state index contributed by atoms with van der Waals surface area (Å²) < 4.78 is 0. The molecule has 0 aromatic heterocycles. The van der Waals surface area contributed by atoms with Crippen LogP contribution < -0.4 is 0 Å². The molecule has 0 aliphatic rings. The summed E-state index contributed by atoms with van der Waals surface area (Å²) in [5.74, 6) is 0. The highest BCUT2D eigenvalue weighted by molar-refractivity contribution is 7.80. The van der Waals surface area contributed by atoms with Crippen molar-refractivity contribution in [2.75, 3.05) is 0 Å². The standard InChI is InChI=1S/C13H9NS/c1-14-12-6-2-10(3-7-12)11-4-8-13(15)9-5-11/h2-9,15H. The van der Waals surface area contributed by atoms with E-state index in [1.54, 1.807) is 0 Å². The second-order valence-corrected chi connectivity index (χ2v) is 3.72. The summed E-state index contributed by atoms with van der Waals surface area (Å²) in [5, 5.41) is 0. The molecular weight excluding hydrogens is 202 g/mol. The molecule has 1 nitrogen and oxygen atoms in total. The van der Waals surface area contributed by atoms with Crippen LogP contribution in [0.15, 0.2) is 53.4 Å². The molecule has 2 rings (SSSR count). The Hall–Kier alpha value is -1.72. The van der Waals surface area contributed by atoms with Crippen molar-refractivity contribution in [3.05, 3.63) is 59.9 Å². The van der Waals surface area contributed by atoms with Crippen LogP contribution in [0.5, 0.6) is 0 Å². The average molecular weight is 211 g/mol. The third-order valence-electron chi connectivity index (χ3n) is 2.20. The second-order valence-electron chi connectivity index (χ2n) is 3.21. The molecule has 0 fully saturated rings. The zero-order valence-corrected chi connectivity index (χ0v) is 8.91. The van der Waals surface area contributed by atoms with Crippen LogP contribution in [0.1, 0.15) is 0 Å². The number of nitrogens with zero attached hydrogens (tertiary/aromatic N) is 1. The molecule has 2 aromatic carbocycles. The molecule has 15 heavy (non-hydrogen) atoms. The number of hydrogen-bond donors (Lipinski definition) is 1. The topological polar surface area (TPSA) is 4.36 Å². The summed E-state index contributed by atoms with van der Waals surface area (Å²) in [7, 11) is 0. The van der Waals surface area contributed by atoms with E-state index in [1.807, 2.05) is 48.5 Å². The van der Waals surface area contributed by atoms with Crippen molar-refractivity contribution in [2.24, 2.45) is 0 Å². The van der Waals surface area contributed by atoms with Crippen molar-refractivity contribution in [2.45, 2.75) is 4.90 Å². The van der Waals surface area contributed by atoms with E-state index in [9.17, 15) is 0 Å². The van der Waals surface area contributed by atoms with Crippen LogP contribution in [0.3, 0.4) is 0 Å². The van der Waals surface area contributed by atoms with Gasteiger partial charge in [0.2, 0.25) is 0 Å². The van der Waals surface area contributed by atoms with Crippen LogP contribution in [0, 0.1) is 6.57 Å². The fourth-order valence-electron chi connectivity index (χ4n) is 1.38. The molecule has 0 heterocycles. The van der Waals surface area contributed by atoms with Gasteiger partial charge in [-0.25, -0.2) is 4.85 Å². The van der Waals surface area contributed by atoms with Crippen molar-refractivity contribution in [1.82, 2.24) is 0 Å². The largest absolute Gasteiger partial charge is 0.238 e. The Kier molecular flexibility index (Phi) is 2.75. The molecule has 0 aliphatic heterocycles. The molecular formula is C13H9NS. The molecule has 0 spiro atoms. The molecule has 2 heteroatoms. The van der Waals surface area contributed by atoms with Gasteiger partial charge in [-0.1, -0.05) is 36.4 Å². The van der Waals surface area contributed by atoms with Crippen LogP contribution in [-0.2, 0) is 0 Å². The van der Waals surface area contributed by atoms with E-state index < -0.39 is 0 Å². The zero-order chi connectivity index (χ0) is 10.7. The fourth-order valence-corrected chi connectivity index (χ4v) is 1.53. The van der Waals surface area contributed by atoms with Crippen LogP contribution in [0.25, 0.3) is 16.0 Å². The first-order chi connectivity index (χ1) is 7.29. The van der Waals surface area contributed by atoms with Crippen molar-refractivity contribution >= 4 is 18.3 Å². The minimum absolute atomic E-state index is 0.671. The molecule has 0 saturated heterocycles. The van der Waals surface area contributed by atoms with Gasteiger partial charge in [0, 0.05) is 4.90 Å². The highest BCUT2D eigenvalue weighted by atomic mass is 32.1. The third kappa shape index (κ3) is 2.20.